The Balaban J connectivity index is 1.56. The number of hydrogen-bond acceptors (Lipinski definition) is 7. The molecule has 5 aromatic rings. The monoisotopic (exact) mass is 540 g/mol. The number of aromatic nitrogens is 4. The number of pyridine rings is 1. The van der Waals surface area contributed by atoms with E-state index in [0.717, 1.165) is 22.0 Å². The molecule has 0 atom stereocenters. The summed E-state index contributed by atoms with van der Waals surface area (Å²) in [5.41, 5.74) is 3.71. The van der Waals surface area contributed by atoms with Gasteiger partial charge in [0.25, 0.3) is 0 Å². The smallest absolute Gasteiger partial charge is 0.192 e. The number of carbonyl (C=O) groups excluding carboxylic acids is 1. The molecule has 38 heavy (non-hydrogen) atoms. The number of para-hydroxylation sites is 1. The molecule has 0 aliphatic rings. The molecule has 0 aliphatic heterocycles. The Hall–Kier alpha value is -4.08. The molecular formula is C29H24N4O3S2. The predicted molar refractivity (Wildman–Crippen MR) is 151 cm³/mol. The van der Waals surface area contributed by atoms with Crippen LogP contribution < -0.4 is 0 Å². The van der Waals surface area contributed by atoms with E-state index in [0.29, 0.717) is 28.8 Å². The Morgan fingerprint density at radius 2 is 1.68 bits per heavy atom. The molecule has 0 aliphatic carbocycles. The first-order valence-corrected chi connectivity index (χ1v) is 14.7. The summed E-state index contributed by atoms with van der Waals surface area (Å²) in [5.74, 6) is 0.876. The Labute approximate surface area is 225 Å². The van der Waals surface area contributed by atoms with Gasteiger partial charge >= 0.3 is 0 Å². The zero-order chi connectivity index (χ0) is 26.7. The van der Waals surface area contributed by atoms with Crippen LogP contribution in [0, 0.1) is 0 Å². The van der Waals surface area contributed by atoms with Gasteiger partial charge in [0.05, 0.1) is 21.9 Å². The number of nitrogens with zero attached hydrogens (tertiary/aromatic N) is 4. The molecule has 9 heteroatoms. The molecule has 0 bridgehead atoms. The highest BCUT2D eigenvalue weighted by Gasteiger charge is 2.19. The lowest BCUT2D eigenvalue weighted by Crippen LogP contribution is -2.05. The van der Waals surface area contributed by atoms with Crippen molar-refractivity contribution >= 4 is 38.3 Å². The Morgan fingerprint density at radius 3 is 2.39 bits per heavy atom. The number of rotatable bonds is 9. The SMILES string of the molecule is C=CCn1c(SCC(=O)c2ccccc2)nnc1-c1cc(-c2ccc(S(C)(=O)=O)cc2)nc2ccccc12. The number of hydrogen-bond donors (Lipinski definition) is 0. The standard InChI is InChI=1S/C29H24N4O3S2/c1-3-17-33-28(31-32-29(33)37-19-27(34)21-9-5-4-6-10-21)24-18-26(30-25-12-8-7-11-23(24)25)20-13-15-22(16-14-20)38(2,35)36/h3-16,18H,1,17,19H2,2H3. The average Bonchev–Trinajstić information content (AvgIpc) is 3.33. The summed E-state index contributed by atoms with van der Waals surface area (Å²) >= 11 is 1.33. The minimum atomic E-state index is -3.30. The van der Waals surface area contributed by atoms with Gasteiger partial charge < -0.3 is 0 Å². The minimum absolute atomic E-state index is 0.0134. The number of fused-ring (bicyclic) bond motifs is 1. The van der Waals surface area contributed by atoms with Gasteiger partial charge in [-0.2, -0.15) is 0 Å². The molecule has 7 nitrogen and oxygen atoms in total. The van der Waals surface area contributed by atoms with E-state index in [4.69, 9.17) is 4.98 Å². The molecule has 0 spiro atoms. The Kier molecular flexibility index (Phi) is 7.22. The molecule has 0 radical (unpaired) electrons. The third-order valence-corrected chi connectivity index (χ3v) is 8.09. The molecule has 0 amide bonds. The van der Waals surface area contributed by atoms with Crippen LogP contribution in [0.2, 0.25) is 0 Å². The van der Waals surface area contributed by atoms with Gasteiger partial charge in [0, 0.05) is 34.9 Å². The summed E-state index contributed by atoms with van der Waals surface area (Å²) in [6.45, 7) is 4.35. The molecular weight excluding hydrogens is 516 g/mol. The van der Waals surface area contributed by atoms with E-state index in [1.165, 1.54) is 18.0 Å². The minimum Gasteiger partial charge on any atom is -0.298 e. The predicted octanol–water partition coefficient (Wildman–Crippen LogP) is 5.72. The molecule has 0 saturated carbocycles. The molecule has 2 aromatic heterocycles. The van der Waals surface area contributed by atoms with E-state index in [1.54, 1.807) is 42.5 Å². The zero-order valence-corrected chi connectivity index (χ0v) is 22.2. The summed E-state index contributed by atoms with van der Waals surface area (Å²) in [4.78, 5) is 17.8. The van der Waals surface area contributed by atoms with Gasteiger partial charge in [-0.1, -0.05) is 78.5 Å². The lowest BCUT2D eigenvalue weighted by Gasteiger charge is -2.12. The highest BCUT2D eigenvalue weighted by atomic mass is 32.2. The number of allylic oxidation sites excluding steroid dienone is 1. The van der Waals surface area contributed by atoms with Crippen molar-refractivity contribution in [2.24, 2.45) is 0 Å². The second kappa shape index (κ2) is 10.7. The van der Waals surface area contributed by atoms with E-state index in [2.05, 4.69) is 16.8 Å². The van der Waals surface area contributed by atoms with Crippen LogP contribution >= 0.6 is 11.8 Å². The van der Waals surface area contributed by atoms with E-state index in [9.17, 15) is 13.2 Å². The molecule has 3 aromatic carbocycles. The van der Waals surface area contributed by atoms with Gasteiger partial charge in [-0.25, -0.2) is 13.4 Å². The summed E-state index contributed by atoms with van der Waals surface area (Å²) < 4.78 is 25.8. The van der Waals surface area contributed by atoms with Gasteiger partial charge in [-0.3, -0.25) is 9.36 Å². The van der Waals surface area contributed by atoms with Crippen molar-refractivity contribution in [3.05, 3.63) is 103 Å². The van der Waals surface area contributed by atoms with Crippen molar-refractivity contribution in [1.29, 1.82) is 0 Å². The topological polar surface area (TPSA) is 94.8 Å². The van der Waals surface area contributed by atoms with Crippen LogP contribution in [0.5, 0.6) is 0 Å². The van der Waals surface area contributed by atoms with Crippen molar-refractivity contribution in [2.75, 3.05) is 12.0 Å². The van der Waals surface area contributed by atoms with Gasteiger partial charge in [0.2, 0.25) is 0 Å². The van der Waals surface area contributed by atoms with E-state index < -0.39 is 9.84 Å². The van der Waals surface area contributed by atoms with Crippen molar-refractivity contribution in [3.8, 4) is 22.6 Å². The maximum Gasteiger partial charge on any atom is 0.192 e. The van der Waals surface area contributed by atoms with Crippen LogP contribution in [0.25, 0.3) is 33.5 Å². The molecule has 5 rings (SSSR count). The van der Waals surface area contributed by atoms with Crippen LogP contribution in [0.15, 0.2) is 108 Å². The summed E-state index contributed by atoms with van der Waals surface area (Å²) in [6.07, 6.45) is 2.95. The van der Waals surface area contributed by atoms with E-state index >= 15 is 0 Å². The number of sulfone groups is 1. The summed E-state index contributed by atoms with van der Waals surface area (Å²) in [7, 11) is -3.30. The molecule has 2 heterocycles. The third-order valence-electron chi connectivity index (χ3n) is 5.99. The lowest BCUT2D eigenvalue weighted by molar-refractivity contribution is 0.102. The van der Waals surface area contributed by atoms with Crippen LogP contribution in [0.1, 0.15) is 10.4 Å². The first-order valence-electron chi connectivity index (χ1n) is 11.8. The zero-order valence-electron chi connectivity index (χ0n) is 20.6. The average molecular weight is 541 g/mol. The molecule has 0 fully saturated rings. The number of thioether (sulfide) groups is 1. The molecule has 190 valence electrons. The van der Waals surface area contributed by atoms with Crippen LogP contribution in [-0.2, 0) is 16.4 Å². The fraction of sp³-hybridized carbons (Fsp3) is 0.103. The Bertz CT molecular complexity index is 1750. The van der Waals surface area contributed by atoms with Crippen LogP contribution in [0.4, 0.5) is 0 Å². The second-order valence-corrected chi connectivity index (χ2v) is 11.6. The second-order valence-electron chi connectivity index (χ2n) is 8.65. The largest absolute Gasteiger partial charge is 0.298 e. The van der Waals surface area contributed by atoms with Gasteiger partial charge in [0.1, 0.15) is 0 Å². The van der Waals surface area contributed by atoms with Crippen LogP contribution in [0.3, 0.4) is 0 Å². The van der Waals surface area contributed by atoms with Crippen LogP contribution in [-0.4, -0.2) is 46.0 Å². The molecule has 0 N–H and O–H groups in total. The van der Waals surface area contributed by atoms with Crippen molar-refractivity contribution in [2.45, 2.75) is 16.6 Å². The number of carbonyl (C=O) groups is 1. The number of Topliss-reactive ketones (excluding diaryl/α,β-unsaturated/α-hetero) is 1. The maximum absolute atomic E-state index is 12.7. The molecule has 0 unspecified atom stereocenters. The molecule has 0 saturated heterocycles. The highest BCUT2D eigenvalue weighted by Crippen LogP contribution is 2.33. The van der Waals surface area contributed by atoms with Gasteiger partial charge in [0.15, 0.2) is 26.6 Å². The fourth-order valence-electron chi connectivity index (χ4n) is 4.11. The van der Waals surface area contributed by atoms with E-state index in [1.807, 2.05) is 53.1 Å². The lowest BCUT2D eigenvalue weighted by atomic mass is 10.0. The first-order chi connectivity index (χ1) is 18.3. The first kappa shape index (κ1) is 25.6. The van der Waals surface area contributed by atoms with Crippen molar-refractivity contribution < 1.29 is 13.2 Å². The normalized spacial score (nSPS) is 11.5. The number of benzene rings is 3. The number of ketones is 1. The quantitative estimate of drug-likeness (QED) is 0.134. The van der Waals surface area contributed by atoms with Crippen molar-refractivity contribution in [1.82, 2.24) is 19.7 Å². The van der Waals surface area contributed by atoms with Gasteiger partial charge in [-0.15, -0.1) is 16.8 Å². The Morgan fingerprint density at radius 1 is 0.974 bits per heavy atom. The maximum atomic E-state index is 12.7. The summed E-state index contributed by atoms with van der Waals surface area (Å²) in [6, 6.07) is 25.5. The van der Waals surface area contributed by atoms with Crippen molar-refractivity contribution in [3.63, 3.8) is 0 Å². The fourth-order valence-corrected chi connectivity index (χ4v) is 5.58. The highest BCUT2D eigenvalue weighted by molar-refractivity contribution is 7.99. The summed E-state index contributed by atoms with van der Waals surface area (Å²) in [5, 5.41) is 10.4. The van der Waals surface area contributed by atoms with Gasteiger partial charge in [-0.05, 0) is 24.3 Å². The van der Waals surface area contributed by atoms with E-state index in [-0.39, 0.29) is 16.4 Å². The third kappa shape index (κ3) is 5.29.